The van der Waals surface area contributed by atoms with Crippen molar-refractivity contribution < 1.29 is 29.4 Å². The minimum Gasteiger partial charge on any atom is -0.480 e. The van der Waals surface area contributed by atoms with Crippen molar-refractivity contribution in [1.29, 1.82) is 0 Å². The van der Waals surface area contributed by atoms with Crippen LogP contribution >= 0.6 is 0 Å². The maximum atomic E-state index is 12.7. The van der Waals surface area contributed by atoms with E-state index in [9.17, 15) is 24.3 Å². The molecule has 0 aliphatic heterocycles. The third-order valence-corrected chi connectivity index (χ3v) is 4.19. The normalized spacial score (nSPS) is 16.5. The van der Waals surface area contributed by atoms with E-state index >= 15 is 0 Å². The van der Waals surface area contributed by atoms with Gasteiger partial charge in [0.05, 0.1) is 12.1 Å². The summed E-state index contributed by atoms with van der Waals surface area (Å²) in [5.74, 6) is -2.97. The monoisotopic (exact) mass is 416 g/mol. The first kappa shape index (κ1) is 26.8. The molecule has 3 amide bonds. The summed E-state index contributed by atoms with van der Waals surface area (Å²) in [5, 5.41) is 26.0. The van der Waals surface area contributed by atoms with E-state index in [0.29, 0.717) is 12.8 Å². The zero-order chi connectivity index (χ0) is 22.9. The Hall–Kier alpha value is -2.20. The summed E-state index contributed by atoms with van der Waals surface area (Å²) in [4.78, 5) is 48.3. The number of hydrogen-bond acceptors (Lipinski definition) is 6. The fourth-order valence-corrected chi connectivity index (χ4v) is 2.62. The van der Waals surface area contributed by atoms with Crippen molar-refractivity contribution in [1.82, 2.24) is 16.0 Å². The lowest BCUT2D eigenvalue weighted by atomic mass is 10.00. The number of aliphatic hydroxyl groups is 1. The van der Waals surface area contributed by atoms with E-state index in [0.717, 1.165) is 0 Å². The number of amides is 3. The van der Waals surface area contributed by atoms with Crippen molar-refractivity contribution in [3.63, 3.8) is 0 Å². The number of nitrogens with one attached hydrogen (secondary N) is 3. The summed E-state index contributed by atoms with van der Waals surface area (Å²) in [6.45, 7) is 10.1. The van der Waals surface area contributed by atoms with Gasteiger partial charge in [-0.3, -0.25) is 19.2 Å². The van der Waals surface area contributed by atoms with Crippen molar-refractivity contribution in [2.75, 3.05) is 0 Å². The Kier molecular flexibility index (Phi) is 11.4. The molecular formula is C19H36N4O6. The van der Waals surface area contributed by atoms with Crippen LogP contribution in [-0.4, -0.2) is 64.2 Å². The van der Waals surface area contributed by atoms with Gasteiger partial charge in [0.2, 0.25) is 17.7 Å². The minimum absolute atomic E-state index is 0.0539. The van der Waals surface area contributed by atoms with Crippen LogP contribution in [0.1, 0.15) is 54.4 Å². The maximum Gasteiger partial charge on any atom is 0.325 e. The van der Waals surface area contributed by atoms with Gasteiger partial charge >= 0.3 is 5.97 Å². The minimum atomic E-state index is -1.37. The van der Waals surface area contributed by atoms with Crippen LogP contribution in [0.25, 0.3) is 0 Å². The van der Waals surface area contributed by atoms with Crippen molar-refractivity contribution in [3.8, 4) is 0 Å². The van der Waals surface area contributed by atoms with Gasteiger partial charge in [-0.05, 0) is 38.5 Å². The van der Waals surface area contributed by atoms with Crippen LogP contribution in [0.3, 0.4) is 0 Å². The van der Waals surface area contributed by atoms with Gasteiger partial charge in [0.1, 0.15) is 18.1 Å². The molecule has 5 unspecified atom stereocenters. The van der Waals surface area contributed by atoms with Gasteiger partial charge in [-0.1, -0.05) is 27.7 Å². The number of carboxylic acids is 1. The molecule has 0 bridgehead atoms. The summed E-state index contributed by atoms with van der Waals surface area (Å²) in [6.07, 6.45) is -0.530. The second-order valence-corrected chi connectivity index (χ2v) is 8.22. The molecule has 0 aliphatic rings. The summed E-state index contributed by atoms with van der Waals surface area (Å²) in [5.41, 5.74) is 5.87. The molecule has 0 saturated heterocycles. The first-order valence-corrected chi connectivity index (χ1v) is 9.83. The zero-order valence-corrected chi connectivity index (χ0v) is 18.1. The van der Waals surface area contributed by atoms with Gasteiger partial charge in [-0.25, -0.2) is 0 Å². The number of carbonyl (C=O) groups is 4. The van der Waals surface area contributed by atoms with Gasteiger partial charge in [0.25, 0.3) is 0 Å². The SMILES string of the molecule is CC(C)CC(N)C(=O)NC(CC(C)C)C(=O)NC(C(=O)NC(C)C(=O)O)C(C)O. The van der Waals surface area contributed by atoms with Crippen molar-refractivity contribution in [2.24, 2.45) is 17.6 Å². The highest BCUT2D eigenvalue weighted by atomic mass is 16.4. The van der Waals surface area contributed by atoms with E-state index in [1.165, 1.54) is 13.8 Å². The smallest absolute Gasteiger partial charge is 0.325 e. The topological polar surface area (TPSA) is 171 Å². The third-order valence-electron chi connectivity index (χ3n) is 4.19. The van der Waals surface area contributed by atoms with Crippen LogP contribution in [-0.2, 0) is 19.2 Å². The van der Waals surface area contributed by atoms with Gasteiger partial charge in [0, 0.05) is 0 Å². The van der Waals surface area contributed by atoms with E-state index in [2.05, 4.69) is 16.0 Å². The van der Waals surface area contributed by atoms with Crippen LogP contribution in [0, 0.1) is 11.8 Å². The fraction of sp³-hybridized carbons (Fsp3) is 0.789. The number of nitrogens with two attached hydrogens (primary N) is 1. The molecule has 0 rings (SSSR count). The highest BCUT2D eigenvalue weighted by Gasteiger charge is 2.32. The Morgan fingerprint density at radius 1 is 0.793 bits per heavy atom. The molecule has 0 aromatic carbocycles. The number of carbonyl (C=O) groups excluding carboxylic acids is 3. The summed E-state index contributed by atoms with van der Waals surface area (Å²) in [6, 6.07) is -4.29. The highest BCUT2D eigenvalue weighted by molar-refractivity contribution is 5.94. The molecule has 0 saturated carbocycles. The maximum absolute atomic E-state index is 12.7. The van der Waals surface area contributed by atoms with E-state index in [1.807, 2.05) is 27.7 Å². The molecule has 29 heavy (non-hydrogen) atoms. The molecule has 0 fully saturated rings. The number of rotatable bonds is 12. The molecule has 7 N–H and O–H groups in total. The lowest BCUT2D eigenvalue weighted by Gasteiger charge is -2.27. The highest BCUT2D eigenvalue weighted by Crippen LogP contribution is 2.08. The lowest BCUT2D eigenvalue weighted by Crippen LogP contribution is -2.59. The fourth-order valence-electron chi connectivity index (χ4n) is 2.62. The second kappa shape index (κ2) is 12.4. The first-order chi connectivity index (χ1) is 13.3. The van der Waals surface area contributed by atoms with E-state index in [-0.39, 0.29) is 11.8 Å². The first-order valence-electron chi connectivity index (χ1n) is 9.83. The van der Waals surface area contributed by atoms with Crippen molar-refractivity contribution in [3.05, 3.63) is 0 Å². The summed E-state index contributed by atoms with van der Waals surface area (Å²) < 4.78 is 0. The Morgan fingerprint density at radius 3 is 1.72 bits per heavy atom. The average Bonchev–Trinajstić information content (AvgIpc) is 2.56. The molecule has 0 aromatic rings. The molecule has 0 spiro atoms. The van der Waals surface area contributed by atoms with E-state index in [1.54, 1.807) is 0 Å². The lowest BCUT2D eigenvalue weighted by molar-refractivity contribution is -0.142. The molecule has 10 nitrogen and oxygen atoms in total. The molecular weight excluding hydrogens is 380 g/mol. The molecule has 0 radical (unpaired) electrons. The van der Waals surface area contributed by atoms with Gasteiger partial charge < -0.3 is 31.9 Å². The Balaban J connectivity index is 5.27. The van der Waals surface area contributed by atoms with Crippen LogP contribution in [0.15, 0.2) is 0 Å². The Labute approximate surface area is 172 Å². The predicted octanol–water partition coefficient (Wildman–Crippen LogP) is -0.654. The third kappa shape index (κ3) is 10.2. The van der Waals surface area contributed by atoms with Crippen LogP contribution in [0.2, 0.25) is 0 Å². The number of hydrogen-bond donors (Lipinski definition) is 6. The van der Waals surface area contributed by atoms with Crippen LogP contribution in [0.4, 0.5) is 0 Å². The predicted molar refractivity (Wildman–Crippen MR) is 108 cm³/mol. The number of aliphatic hydroxyl groups excluding tert-OH is 1. The summed E-state index contributed by atoms with van der Waals surface area (Å²) >= 11 is 0. The zero-order valence-electron chi connectivity index (χ0n) is 18.1. The van der Waals surface area contributed by atoms with Crippen molar-refractivity contribution >= 4 is 23.7 Å². The summed E-state index contributed by atoms with van der Waals surface area (Å²) in [7, 11) is 0. The van der Waals surface area contributed by atoms with Gasteiger partial charge in [-0.2, -0.15) is 0 Å². The Bertz CT molecular complexity index is 579. The number of aliphatic carboxylic acids is 1. The molecule has 168 valence electrons. The van der Waals surface area contributed by atoms with Gasteiger partial charge in [0.15, 0.2) is 0 Å². The largest absolute Gasteiger partial charge is 0.480 e. The van der Waals surface area contributed by atoms with Gasteiger partial charge in [-0.15, -0.1) is 0 Å². The average molecular weight is 417 g/mol. The molecule has 0 aromatic heterocycles. The van der Waals surface area contributed by atoms with Crippen LogP contribution < -0.4 is 21.7 Å². The van der Waals surface area contributed by atoms with E-state index in [4.69, 9.17) is 10.8 Å². The van der Waals surface area contributed by atoms with Crippen LogP contribution in [0.5, 0.6) is 0 Å². The molecule has 10 heteroatoms. The molecule has 0 aliphatic carbocycles. The Morgan fingerprint density at radius 2 is 1.31 bits per heavy atom. The standard InChI is InChI=1S/C19H36N4O6/c1-9(2)7-13(20)16(25)22-14(8-10(3)4)17(26)23-15(12(6)24)18(27)21-11(5)19(28)29/h9-15,24H,7-8,20H2,1-6H3,(H,21,27)(H,22,25)(H,23,26)(H,28,29). The number of carboxylic acid groups (broad SMARTS) is 1. The van der Waals surface area contributed by atoms with Crippen molar-refractivity contribution in [2.45, 2.75) is 84.7 Å². The molecule has 0 heterocycles. The van der Waals surface area contributed by atoms with E-state index < -0.39 is 54.0 Å². The molecule has 5 atom stereocenters. The quantitative estimate of drug-likeness (QED) is 0.245. The second-order valence-electron chi connectivity index (χ2n) is 8.22.